The van der Waals surface area contributed by atoms with Gasteiger partial charge in [0.15, 0.2) is 0 Å². The molecule has 27 heavy (non-hydrogen) atoms. The Morgan fingerprint density at radius 3 is 2.59 bits per heavy atom. The van der Waals surface area contributed by atoms with Crippen molar-refractivity contribution in [3.8, 4) is 5.75 Å². The highest BCUT2D eigenvalue weighted by Gasteiger charge is 2.23. The number of aromatic hydroxyl groups is 1. The summed E-state index contributed by atoms with van der Waals surface area (Å²) >= 11 is 5.87. The van der Waals surface area contributed by atoms with Crippen LogP contribution >= 0.6 is 11.6 Å². The minimum atomic E-state index is -3.92. The lowest BCUT2D eigenvalue weighted by Crippen LogP contribution is -2.28. The summed E-state index contributed by atoms with van der Waals surface area (Å²) in [4.78, 5) is 12.3. The summed E-state index contributed by atoms with van der Waals surface area (Å²) in [7, 11) is -3.92. The topological polar surface area (TPSA) is 105 Å². The van der Waals surface area contributed by atoms with Gasteiger partial charge < -0.3 is 15.2 Å². The average molecular weight is 411 g/mol. The fourth-order valence-electron chi connectivity index (χ4n) is 2.74. The first-order chi connectivity index (χ1) is 12.8. The molecule has 0 radical (unpaired) electrons. The van der Waals surface area contributed by atoms with Crippen LogP contribution in [0.4, 0.5) is 11.4 Å². The number of benzene rings is 2. The molecule has 1 aliphatic heterocycles. The molecule has 2 aromatic carbocycles. The van der Waals surface area contributed by atoms with Crippen LogP contribution in [0.1, 0.15) is 12.8 Å². The number of phenolic OH excluding ortho intramolecular Hbond substituents is 1. The molecule has 1 saturated heterocycles. The van der Waals surface area contributed by atoms with Crippen LogP contribution in [0.15, 0.2) is 47.4 Å². The Morgan fingerprint density at radius 1 is 1.15 bits per heavy atom. The lowest BCUT2D eigenvalue weighted by Gasteiger charge is -2.21. The Hall–Kier alpha value is -2.29. The van der Waals surface area contributed by atoms with Gasteiger partial charge in [0.1, 0.15) is 5.75 Å². The van der Waals surface area contributed by atoms with Gasteiger partial charge in [0.2, 0.25) is 5.91 Å². The number of hydrogen-bond acceptors (Lipinski definition) is 5. The predicted molar refractivity (Wildman–Crippen MR) is 103 cm³/mol. The number of carbonyl (C=O) groups is 1. The maximum atomic E-state index is 12.6. The van der Waals surface area contributed by atoms with Crippen molar-refractivity contribution in [2.24, 2.45) is 5.92 Å². The van der Waals surface area contributed by atoms with E-state index in [-0.39, 0.29) is 28.2 Å². The summed E-state index contributed by atoms with van der Waals surface area (Å²) in [6.45, 7) is 1.00. The number of halogens is 1. The fraction of sp³-hybridized carbons (Fsp3) is 0.278. The van der Waals surface area contributed by atoms with Crippen LogP contribution in [0.25, 0.3) is 0 Å². The Kier molecular flexibility index (Phi) is 5.88. The molecule has 9 heteroatoms. The van der Waals surface area contributed by atoms with Crippen molar-refractivity contribution in [2.45, 2.75) is 17.7 Å². The molecule has 1 aliphatic rings. The monoisotopic (exact) mass is 410 g/mol. The number of ether oxygens (including phenoxy) is 1. The molecular formula is C18H19ClN2O5S. The lowest BCUT2D eigenvalue weighted by atomic mass is 9.99. The van der Waals surface area contributed by atoms with Crippen molar-refractivity contribution in [2.75, 3.05) is 23.3 Å². The molecule has 0 bridgehead atoms. The van der Waals surface area contributed by atoms with Crippen molar-refractivity contribution in [3.05, 3.63) is 47.5 Å². The van der Waals surface area contributed by atoms with E-state index in [0.717, 1.165) is 0 Å². The van der Waals surface area contributed by atoms with Crippen LogP contribution in [0.5, 0.6) is 5.75 Å². The molecule has 3 N–H and O–H groups in total. The molecular weight excluding hydrogens is 392 g/mol. The average Bonchev–Trinajstić information content (AvgIpc) is 2.63. The second-order valence-electron chi connectivity index (χ2n) is 6.17. The van der Waals surface area contributed by atoms with E-state index in [1.165, 1.54) is 24.3 Å². The molecule has 0 saturated carbocycles. The summed E-state index contributed by atoms with van der Waals surface area (Å²) in [6.07, 6.45) is 1.17. The van der Waals surface area contributed by atoms with Gasteiger partial charge in [0.25, 0.3) is 10.0 Å². The van der Waals surface area contributed by atoms with Gasteiger partial charge in [0.05, 0.1) is 16.3 Å². The van der Waals surface area contributed by atoms with Gasteiger partial charge in [-0.2, -0.15) is 0 Å². The first-order valence-electron chi connectivity index (χ1n) is 8.35. The zero-order valence-electron chi connectivity index (χ0n) is 14.3. The van der Waals surface area contributed by atoms with Crippen molar-refractivity contribution >= 4 is 38.9 Å². The fourth-order valence-corrected chi connectivity index (χ4v) is 4.01. The lowest BCUT2D eigenvalue weighted by molar-refractivity contribution is -0.122. The van der Waals surface area contributed by atoms with Gasteiger partial charge in [-0.25, -0.2) is 8.42 Å². The first-order valence-corrected chi connectivity index (χ1v) is 10.2. The molecule has 144 valence electrons. The minimum Gasteiger partial charge on any atom is -0.506 e. The van der Waals surface area contributed by atoms with E-state index in [4.69, 9.17) is 16.3 Å². The van der Waals surface area contributed by atoms with Crippen LogP contribution in [0.2, 0.25) is 5.02 Å². The molecule has 0 aromatic heterocycles. The highest BCUT2D eigenvalue weighted by Crippen LogP contribution is 2.29. The number of nitrogens with one attached hydrogen (secondary N) is 2. The van der Waals surface area contributed by atoms with Crippen molar-refractivity contribution < 1.29 is 23.1 Å². The second kappa shape index (κ2) is 8.16. The van der Waals surface area contributed by atoms with Gasteiger partial charge in [-0.15, -0.1) is 0 Å². The third-order valence-corrected chi connectivity index (χ3v) is 5.82. The summed E-state index contributed by atoms with van der Waals surface area (Å²) in [5.74, 6) is -0.717. The van der Waals surface area contributed by atoms with Gasteiger partial charge >= 0.3 is 0 Å². The number of amides is 1. The van der Waals surface area contributed by atoms with Crippen molar-refractivity contribution in [3.63, 3.8) is 0 Å². The van der Waals surface area contributed by atoms with E-state index in [1.54, 1.807) is 18.2 Å². The van der Waals surface area contributed by atoms with Crippen molar-refractivity contribution in [1.29, 1.82) is 0 Å². The van der Waals surface area contributed by atoms with E-state index >= 15 is 0 Å². The van der Waals surface area contributed by atoms with E-state index in [1.807, 2.05) is 0 Å². The third kappa shape index (κ3) is 4.91. The zero-order valence-corrected chi connectivity index (χ0v) is 15.9. The summed E-state index contributed by atoms with van der Waals surface area (Å²) in [6, 6.07) is 10.0. The number of carbonyl (C=O) groups excluding carboxylic acids is 1. The Labute approximate surface area is 162 Å². The minimum absolute atomic E-state index is 0.0421. The van der Waals surface area contributed by atoms with E-state index in [0.29, 0.717) is 36.8 Å². The molecule has 1 amide bonds. The van der Waals surface area contributed by atoms with Crippen LogP contribution < -0.4 is 10.0 Å². The molecule has 1 fully saturated rings. The third-order valence-electron chi connectivity index (χ3n) is 4.21. The van der Waals surface area contributed by atoms with Crippen LogP contribution in [0, 0.1) is 5.92 Å². The Balaban J connectivity index is 1.80. The van der Waals surface area contributed by atoms with Crippen molar-refractivity contribution in [1.82, 2.24) is 0 Å². The molecule has 0 atom stereocenters. The quantitative estimate of drug-likeness (QED) is 0.656. The molecule has 1 heterocycles. The summed E-state index contributed by atoms with van der Waals surface area (Å²) in [5.41, 5.74) is 0.351. The maximum absolute atomic E-state index is 12.6. The Morgan fingerprint density at radius 2 is 1.89 bits per heavy atom. The summed E-state index contributed by atoms with van der Waals surface area (Å²) in [5, 5.41) is 13.0. The van der Waals surface area contributed by atoms with Gasteiger partial charge in [-0.05, 0) is 49.2 Å². The van der Waals surface area contributed by atoms with Gasteiger partial charge in [-0.1, -0.05) is 17.7 Å². The Bertz CT molecular complexity index is 943. The molecule has 0 aliphatic carbocycles. The zero-order chi connectivity index (χ0) is 19.4. The molecule has 3 rings (SSSR count). The highest BCUT2D eigenvalue weighted by atomic mass is 35.5. The van der Waals surface area contributed by atoms with E-state index in [2.05, 4.69) is 10.0 Å². The normalized spacial score (nSPS) is 15.3. The van der Waals surface area contributed by atoms with Crippen LogP contribution in [0.3, 0.4) is 0 Å². The number of sulfonamides is 1. The number of phenols is 1. The maximum Gasteiger partial charge on any atom is 0.261 e. The summed E-state index contributed by atoms with van der Waals surface area (Å²) < 4.78 is 32.8. The van der Waals surface area contributed by atoms with E-state index in [9.17, 15) is 18.3 Å². The van der Waals surface area contributed by atoms with Crippen LogP contribution in [-0.4, -0.2) is 32.6 Å². The number of hydrogen-bond donors (Lipinski definition) is 3. The van der Waals surface area contributed by atoms with E-state index < -0.39 is 10.0 Å². The largest absolute Gasteiger partial charge is 0.506 e. The molecule has 7 nitrogen and oxygen atoms in total. The second-order valence-corrected chi connectivity index (χ2v) is 8.29. The van der Waals surface area contributed by atoms with Gasteiger partial charge in [0, 0.05) is 24.2 Å². The molecule has 0 unspecified atom stereocenters. The standard InChI is InChI=1S/C18H19ClN2O5S/c19-13-2-1-3-14(10-13)21-27(24,25)15-4-5-17(22)16(11-15)20-18(23)12-6-8-26-9-7-12/h1-5,10-12,21-22H,6-9H2,(H,20,23). The van der Waals surface area contributed by atoms with Crippen LogP contribution in [-0.2, 0) is 19.6 Å². The number of anilines is 2. The molecule has 2 aromatic rings. The number of rotatable bonds is 5. The smallest absolute Gasteiger partial charge is 0.261 e. The first kappa shape index (κ1) is 19.5. The molecule has 0 spiro atoms. The van der Waals surface area contributed by atoms with Gasteiger partial charge in [-0.3, -0.25) is 9.52 Å². The predicted octanol–water partition coefficient (Wildman–Crippen LogP) is 3.21. The SMILES string of the molecule is O=C(Nc1cc(S(=O)(=O)Nc2cccc(Cl)c2)ccc1O)C1CCOCC1. The highest BCUT2D eigenvalue weighted by molar-refractivity contribution is 7.92.